The fourth-order valence-electron chi connectivity index (χ4n) is 1.55. The summed E-state index contributed by atoms with van der Waals surface area (Å²) in [5, 5.41) is 8.98. The van der Waals surface area contributed by atoms with Crippen molar-refractivity contribution >= 4 is 11.9 Å². The summed E-state index contributed by atoms with van der Waals surface area (Å²) in [7, 11) is 0. The molecule has 1 N–H and O–H groups in total. The highest BCUT2D eigenvalue weighted by atomic mass is 16.6. The summed E-state index contributed by atoms with van der Waals surface area (Å²) >= 11 is 0. The number of cyclic esters (lactones) is 1. The van der Waals surface area contributed by atoms with Crippen LogP contribution in [-0.4, -0.2) is 22.6 Å². The van der Waals surface area contributed by atoms with Gasteiger partial charge >= 0.3 is 11.9 Å². The van der Waals surface area contributed by atoms with E-state index in [-0.39, 0.29) is 11.8 Å². The van der Waals surface area contributed by atoms with E-state index >= 15 is 0 Å². The largest absolute Gasteiger partial charge is 0.478 e. The lowest BCUT2D eigenvalue weighted by atomic mass is 9.75. The van der Waals surface area contributed by atoms with E-state index in [0.717, 1.165) is 0 Å². The van der Waals surface area contributed by atoms with Crippen LogP contribution in [0.1, 0.15) is 20.8 Å². The van der Waals surface area contributed by atoms with Crippen LogP contribution in [0.5, 0.6) is 0 Å². The number of hydrogen-bond acceptors (Lipinski definition) is 3. The van der Waals surface area contributed by atoms with Gasteiger partial charge in [-0.2, -0.15) is 0 Å². The van der Waals surface area contributed by atoms with Crippen molar-refractivity contribution < 1.29 is 19.4 Å². The fraction of sp³-hybridized carbons (Fsp3) is 0.600. The molecule has 0 spiro atoms. The third kappa shape index (κ3) is 1.31. The summed E-state index contributed by atoms with van der Waals surface area (Å²) in [6.45, 7) is 8.53. The first-order chi connectivity index (χ1) is 6.30. The Balaban J connectivity index is 3.08. The van der Waals surface area contributed by atoms with E-state index in [2.05, 4.69) is 6.58 Å². The number of hydrogen-bond donors (Lipinski definition) is 1. The molecule has 1 saturated heterocycles. The fourth-order valence-corrected chi connectivity index (χ4v) is 1.55. The predicted molar refractivity (Wildman–Crippen MR) is 49.6 cm³/mol. The molecule has 0 bridgehead atoms. The van der Waals surface area contributed by atoms with Gasteiger partial charge in [0.25, 0.3) is 0 Å². The van der Waals surface area contributed by atoms with Gasteiger partial charge < -0.3 is 9.84 Å². The van der Waals surface area contributed by atoms with E-state index < -0.39 is 17.5 Å². The van der Waals surface area contributed by atoms with Crippen LogP contribution < -0.4 is 0 Å². The van der Waals surface area contributed by atoms with Crippen molar-refractivity contribution in [2.45, 2.75) is 26.4 Å². The Morgan fingerprint density at radius 3 is 2.50 bits per heavy atom. The molecule has 0 saturated carbocycles. The van der Waals surface area contributed by atoms with Gasteiger partial charge in [0.1, 0.15) is 0 Å². The molecule has 0 radical (unpaired) electrons. The Morgan fingerprint density at radius 1 is 1.57 bits per heavy atom. The van der Waals surface area contributed by atoms with E-state index in [1.54, 1.807) is 13.8 Å². The first-order valence-corrected chi connectivity index (χ1v) is 4.46. The third-order valence-electron chi connectivity index (χ3n) is 3.16. The molecule has 14 heavy (non-hydrogen) atoms. The Hall–Kier alpha value is -1.32. The van der Waals surface area contributed by atoms with E-state index in [1.165, 1.54) is 6.92 Å². The highest BCUT2D eigenvalue weighted by molar-refractivity contribution is 5.93. The maximum atomic E-state index is 11.3. The predicted octanol–water partition coefficient (Wildman–Crippen LogP) is 1.21. The molecular weight excluding hydrogens is 184 g/mol. The molecule has 0 aromatic rings. The highest BCUT2D eigenvalue weighted by Crippen LogP contribution is 2.37. The SMILES string of the molecule is C=C1C(=O)O[C@@](C)(C(=O)O)[C@H](C)[C@H]1C. The molecule has 1 fully saturated rings. The Labute approximate surface area is 82.6 Å². The first-order valence-electron chi connectivity index (χ1n) is 4.46. The van der Waals surface area contributed by atoms with Crippen molar-refractivity contribution in [2.24, 2.45) is 11.8 Å². The average Bonchev–Trinajstić information content (AvgIpc) is 2.11. The van der Waals surface area contributed by atoms with Gasteiger partial charge in [-0.15, -0.1) is 0 Å². The minimum atomic E-state index is -1.43. The van der Waals surface area contributed by atoms with Gasteiger partial charge in [-0.1, -0.05) is 20.4 Å². The summed E-state index contributed by atoms with van der Waals surface area (Å²) in [5.41, 5.74) is -1.09. The maximum absolute atomic E-state index is 11.3. The lowest BCUT2D eigenvalue weighted by Crippen LogP contribution is -2.52. The van der Waals surface area contributed by atoms with Gasteiger partial charge in [-0.05, 0) is 12.8 Å². The molecule has 1 rings (SSSR count). The summed E-state index contributed by atoms with van der Waals surface area (Å²) in [4.78, 5) is 22.3. The van der Waals surface area contributed by atoms with Crippen LogP contribution in [0.4, 0.5) is 0 Å². The minimum absolute atomic E-state index is 0.169. The number of carboxylic acid groups (broad SMARTS) is 1. The first kappa shape index (κ1) is 10.8. The van der Waals surface area contributed by atoms with Gasteiger partial charge in [-0.25, -0.2) is 9.59 Å². The lowest BCUT2D eigenvalue weighted by molar-refractivity contribution is -0.187. The van der Waals surface area contributed by atoms with Crippen molar-refractivity contribution in [3.63, 3.8) is 0 Å². The molecule has 1 aliphatic rings. The summed E-state index contributed by atoms with van der Waals surface area (Å²) in [6, 6.07) is 0. The maximum Gasteiger partial charge on any atom is 0.348 e. The number of rotatable bonds is 1. The van der Waals surface area contributed by atoms with Crippen LogP contribution in [0, 0.1) is 11.8 Å². The smallest absolute Gasteiger partial charge is 0.348 e. The Kier molecular flexibility index (Phi) is 2.39. The second-order valence-corrected chi connectivity index (χ2v) is 3.90. The average molecular weight is 198 g/mol. The molecule has 3 atom stereocenters. The number of carbonyl (C=O) groups is 2. The topological polar surface area (TPSA) is 63.6 Å². The van der Waals surface area contributed by atoms with Gasteiger partial charge in [-0.3, -0.25) is 0 Å². The molecule has 0 aliphatic carbocycles. The van der Waals surface area contributed by atoms with Crippen LogP contribution in [0.15, 0.2) is 12.2 Å². The molecule has 0 amide bonds. The normalized spacial score (nSPS) is 37.9. The zero-order valence-electron chi connectivity index (χ0n) is 8.53. The molecule has 4 heteroatoms. The molecule has 0 aromatic heterocycles. The summed E-state index contributed by atoms with van der Waals surface area (Å²) in [5.74, 6) is -2.17. The van der Waals surface area contributed by atoms with Gasteiger partial charge in [0.2, 0.25) is 5.60 Å². The molecule has 78 valence electrons. The molecule has 0 unspecified atom stereocenters. The molecule has 1 aliphatic heterocycles. The van der Waals surface area contributed by atoms with E-state index in [9.17, 15) is 9.59 Å². The number of esters is 1. The molecule has 1 heterocycles. The highest BCUT2D eigenvalue weighted by Gasteiger charge is 2.50. The van der Waals surface area contributed by atoms with Crippen molar-refractivity contribution in [3.05, 3.63) is 12.2 Å². The van der Waals surface area contributed by atoms with Gasteiger partial charge in [0, 0.05) is 11.5 Å². The van der Waals surface area contributed by atoms with Crippen LogP contribution in [0.25, 0.3) is 0 Å². The second-order valence-electron chi connectivity index (χ2n) is 3.90. The quantitative estimate of drug-likeness (QED) is 0.508. The summed E-state index contributed by atoms with van der Waals surface area (Å²) < 4.78 is 4.89. The van der Waals surface area contributed by atoms with Crippen LogP contribution >= 0.6 is 0 Å². The molecule has 0 aromatic carbocycles. The third-order valence-corrected chi connectivity index (χ3v) is 3.16. The van der Waals surface area contributed by atoms with E-state index in [1.807, 2.05) is 0 Å². The van der Waals surface area contributed by atoms with Crippen LogP contribution in [0.3, 0.4) is 0 Å². The Bertz CT molecular complexity index is 307. The van der Waals surface area contributed by atoms with Gasteiger partial charge in [0.05, 0.1) is 0 Å². The second kappa shape index (κ2) is 3.12. The molecular formula is C10H14O4. The zero-order valence-corrected chi connectivity index (χ0v) is 8.53. The summed E-state index contributed by atoms with van der Waals surface area (Å²) in [6.07, 6.45) is 0. The zero-order chi connectivity index (χ0) is 11.1. The van der Waals surface area contributed by atoms with Crippen LogP contribution in [-0.2, 0) is 14.3 Å². The van der Waals surface area contributed by atoms with Crippen molar-refractivity contribution in [1.82, 2.24) is 0 Å². The standard InChI is InChI=1S/C10H14O4/c1-5-6(2)8(11)14-10(4,7(5)3)9(12)13/h5,7H,2H2,1,3-4H3,(H,12,13)/t5-,7+,10+/m0/s1. The van der Waals surface area contributed by atoms with E-state index in [0.29, 0.717) is 5.57 Å². The number of carbonyl (C=O) groups excluding carboxylic acids is 1. The Morgan fingerprint density at radius 2 is 2.07 bits per heavy atom. The monoisotopic (exact) mass is 198 g/mol. The van der Waals surface area contributed by atoms with Crippen molar-refractivity contribution in [3.8, 4) is 0 Å². The van der Waals surface area contributed by atoms with E-state index in [4.69, 9.17) is 9.84 Å². The minimum Gasteiger partial charge on any atom is -0.478 e. The molecule has 4 nitrogen and oxygen atoms in total. The number of carboxylic acids is 1. The van der Waals surface area contributed by atoms with Crippen LogP contribution in [0.2, 0.25) is 0 Å². The number of aliphatic carboxylic acids is 1. The van der Waals surface area contributed by atoms with Gasteiger partial charge in [0.15, 0.2) is 0 Å². The number of ether oxygens (including phenoxy) is 1. The van der Waals surface area contributed by atoms with Crippen molar-refractivity contribution in [1.29, 1.82) is 0 Å². The van der Waals surface area contributed by atoms with Crippen molar-refractivity contribution in [2.75, 3.05) is 0 Å². The lowest BCUT2D eigenvalue weighted by Gasteiger charge is -2.39.